The molecule has 35 heavy (non-hydrogen) atoms. The molecule has 10 heteroatoms. The summed E-state index contributed by atoms with van der Waals surface area (Å²) in [5.74, 6) is 1.37. The predicted octanol–water partition coefficient (Wildman–Crippen LogP) is 5.64. The number of benzene rings is 2. The highest BCUT2D eigenvalue weighted by Gasteiger charge is 2.35. The number of fused-ring (bicyclic) bond motifs is 1. The fourth-order valence-corrected chi connectivity index (χ4v) is 4.75. The number of carbonyl (C=O) groups excluding carboxylic acids is 1. The zero-order valence-electron chi connectivity index (χ0n) is 19.6. The van der Waals surface area contributed by atoms with Crippen molar-refractivity contribution >= 4 is 55.7 Å². The molecule has 4 rings (SSSR count). The van der Waals surface area contributed by atoms with Crippen molar-refractivity contribution in [3.63, 3.8) is 0 Å². The molecule has 0 fully saturated rings. The smallest absolute Gasteiger partial charge is 0.283 e. The second kappa shape index (κ2) is 11.1. The summed E-state index contributed by atoms with van der Waals surface area (Å²) in [4.78, 5) is 16.8. The van der Waals surface area contributed by atoms with E-state index in [1.165, 1.54) is 22.3 Å². The van der Waals surface area contributed by atoms with Gasteiger partial charge in [-0.2, -0.15) is 15.1 Å². The van der Waals surface area contributed by atoms with Crippen LogP contribution in [-0.2, 0) is 4.79 Å². The lowest BCUT2D eigenvalue weighted by molar-refractivity contribution is -0.114. The molecule has 0 aromatic heterocycles. The third-order valence-corrected chi connectivity index (χ3v) is 6.70. The molecule has 0 radical (unpaired) electrons. The Morgan fingerprint density at radius 1 is 1.11 bits per heavy atom. The largest absolute Gasteiger partial charge is 0.490 e. The van der Waals surface area contributed by atoms with Gasteiger partial charge in [-0.15, -0.1) is 0 Å². The van der Waals surface area contributed by atoms with Gasteiger partial charge in [-0.1, -0.05) is 24.6 Å². The van der Waals surface area contributed by atoms with Gasteiger partial charge in [0.15, 0.2) is 17.3 Å². The van der Waals surface area contributed by atoms with E-state index in [0.29, 0.717) is 52.9 Å². The van der Waals surface area contributed by atoms with Gasteiger partial charge in [-0.25, -0.2) is 0 Å². The van der Waals surface area contributed by atoms with Crippen LogP contribution in [0.25, 0.3) is 6.08 Å². The third kappa shape index (κ3) is 5.76. The molecule has 0 unspecified atom stereocenters. The Hall–Kier alpha value is -3.11. The second-order valence-corrected chi connectivity index (χ2v) is 9.54. The Labute approximate surface area is 216 Å². The standard InChI is InChI=1S/C25H25BrN4O4S/c1-4-21-29-30-23(27)18(24(31)28-25(30)35-21)12-16-13-19(26)22(20(14-16)32-5-2)34-11-10-33-17-8-6-15(3)7-9-17/h6-9,12-14,27H,4-5,10-11H2,1-3H3. The number of rotatable bonds is 9. The van der Waals surface area contributed by atoms with Crippen LogP contribution >= 0.6 is 27.7 Å². The Balaban J connectivity index is 1.51. The first-order valence-electron chi connectivity index (χ1n) is 11.2. The molecular formula is C25H25BrN4O4S. The normalized spacial score (nSPS) is 16.2. The number of ether oxygens (including phenoxy) is 3. The summed E-state index contributed by atoms with van der Waals surface area (Å²) < 4.78 is 18.2. The van der Waals surface area contributed by atoms with Crippen molar-refractivity contribution in [1.82, 2.24) is 5.01 Å². The molecule has 2 aromatic carbocycles. The number of amides is 1. The van der Waals surface area contributed by atoms with Crippen LogP contribution in [0.5, 0.6) is 17.2 Å². The van der Waals surface area contributed by atoms with Gasteiger partial charge in [0.2, 0.25) is 5.17 Å². The van der Waals surface area contributed by atoms with Crippen molar-refractivity contribution < 1.29 is 19.0 Å². The number of aliphatic imine (C=N–C) groups is 1. The van der Waals surface area contributed by atoms with E-state index in [9.17, 15) is 4.79 Å². The lowest BCUT2D eigenvalue weighted by atomic mass is 10.1. The van der Waals surface area contributed by atoms with Crippen LogP contribution in [0.15, 0.2) is 56.5 Å². The zero-order valence-corrected chi connectivity index (χ0v) is 22.0. The summed E-state index contributed by atoms with van der Waals surface area (Å²) >= 11 is 4.87. The molecule has 0 saturated heterocycles. The van der Waals surface area contributed by atoms with Crippen molar-refractivity contribution in [3.05, 3.63) is 57.6 Å². The van der Waals surface area contributed by atoms with Gasteiger partial charge in [0.05, 0.1) is 16.7 Å². The average molecular weight is 557 g/mol. The van der Waals surface area contributed by atoms with Gasteiger partial charge in [0, 0.05) is 0 Å². The summed E-state index contributed by atoms with van der Waals surface area (Å²) in [5.41, 5.74) is 2.00. The fourth-order valence-electron chi connectivity index (χ4n) is 3.35. The molecule has 0 aliphatic carbocycles. The Kier molecular flexibility index (Phi) is 7.92. The lowest BCUT2D eigenvalue weighted by Crippen LogP contribution is -2.35. The Bertz CT molecular complexity index is 1240. The molecule has 182 valence electrons. The van der Waals surface area contributed by atoms with E-state index in [2.05, 4.69) is 26.0 Å². The first kappa shape index (κ1) is 25.0. The summed E-state index contributed by atoms with van der Waals surface area (Å²) in [5, 5.41) is 15.5. The zero-order chi connectivity index (χ0) is 24.9. The highest BCUT2D eigenvalue weighted by Crippen LogP contribution is 2.38. The van der Waals surface area contributed by atoms with Gasteiger partial charge in [0.25, 0.3) is 5.91 Å². The predicted molar refractivity (Wildman–Crippen MR) is 143 cm³/mol. The maximum Gasteiger partial charge on any atom is 0.283 e. The third-order valence-electron chi connectivity index (χ3n) is 5.06. The van der Waals surface area contributed by atoms with Crippen molar-refractivity contribution in [3.8, 4) is 17.2 Å². The Morgan fingerprint density at radius 2 is 1.86 bits per heavy atom. The first-order valence-corrected chi connectivity index (χ1v) is 12.8. The van der Waals surface area contributed by atoms with E-state index < -0.39 is 5.91 Å². The number of nitrogens with one attached hydrogen (secondary N) is 1. The van der Waals surface area contributed by atoms with E-state index in [1.54, 1.807) is 12.1 Å². The molecule has 2 aromatic rings. The van der Waals surface area contributed by atoms with E-state index in [-0.39, 0.29) is 11.4 Å². The van der Waals surface area contributed by atoms with Gasteiger partial charge in [0.1, 0.15) is 24.0 Å². The number of hydrazone groups is 1. The Morgan fingerprint density at radius 3 is 2.57 bits per heavy atom. The van der Waals surface area contributed by atoms with E-state index in [1.807, 2.05) is 51.1 Å². The monoisotopic (exact) mass is 556 g/mol. The molecule has 1 amide bonds. The SMILES string of the molecule is CCOc1cc(C=C2C(=N)N3N=C(CC)SC3=NC2=O)cc(Br)c1OCCOc1ccc(C)cc1. The van der Waals surface area contributed by atoms with Crippen molar-refractivity contribution in [1.29, 1.82) is 5.41 Å². The summed E-state index contributed by atoms with van der Waals surface area (Å²) in [6, 6.07) is 11.4. The van der Waals surface area contributed by atoms with Crippen molar-refractivity contribution in [2.75, 3.05) is 19.8 Å². The maximum atomic E-state index is 12.7. The van der Waals surface area contributed by atoms with Gasteiger partial charge < -0.3 is 14.2 Å². The maximum absolute atomic E-state index is 12.7. The van der Waals surface area contributed by atoms with Crippen LogP contribution in [0.4, 0.5) is 0 Å². The molecule has 2 aliphatic rings. The molecule has 0 saturated carbocycles. The van der Waals surface area contributed by atoms with Crippen LogP contribution in [0.3, 0.4) is 0 Å². The van der Waals surface area contributed by atoms with Crippen LogP contribution < -0.4 is 14.2 Å². The van der Waals surface area contributed by atoms with Crippen LogP contribution in [0.2, 0.25) is 0 Å². The molecule has 2 aliphatic heterocycles. The second-order valence-electron chi connectivity index (χ2n) is 7.64. The molecule has 0 bridgehead atoms. The molecule has 0 atom stereocenters. The van der Waals surface area contributed by atoms with Crippen molar-refractivity contribution in [2.24, 2.45) is 10.1 Å². The molecular weight excluding hydrogens is 532 g/mol. The van der Waals surface area contributed by atoms with Gasteiger partial charge in [-0.05, 0) is 83.9 Å². The summed E-state index contributed by atoms with van der Waals surface area (Å²) in [7, 11) is 0. The van der Waals surface area contributed by atoms with Crippen LogP contribution in [-0.4, -0.2) is 46.8 Å². The minimum atomic E-state index is -0.469. The van der Waals surface area contributed by atoms with Crippen LogP contribution in [0, 0.1) is 12.3 Å². The number of aryl methyl sites for hydroxylation is 1. The minimum Gasteiger partial charge on any atom is -0.490 e. The molecule has 8 nitrogen and oxygen atoms in total. The molecule has 2 heterocycles. The highest BCUT2D eigenvalue weighted by atomic mass is 79.9. The molecule has 1 N–H and O–H groups in total. The van der Waals surface area contributed by atoms with Gasteiger partial charge >= 0.3 is 0 Å². The number of halogens is 1. The number of hydrogen-bond acceptors (Lipinski definition) is 7. The van der Waals surface area contributed by atoms with Crippen molar-refractivity contribution in [2.45, 2.75) is 27.2 Å². The first-order chi connectivity index (χ1) is 16.9. The lowest BCUT2D eigenvalue weighted by Gasteiger charge is -2.20. The van der Waals surface area contributed by atoms with E-state index in [0.717, 1.165) is 10.8 Å². The van der Waals surface area contributed by atoms with E-state index in [4.69, 9.17) is 19.6 Å². The number of amidine groups is 2. The number of hydrogen-bond donors (Lipinski definition) is 1. The molecule has 0 spiro atoms. The highest BCUT2D eigenvalue weighted by molar-refractivity contribution is 9.10. The number of carbonyl (C=O) groups is 1. The van der Waals surface area contributed by atoms with Gasteiger partial charge in [-0.3, -0.25) is 10.2 Å². The minimum absolute atomic E-state index is 0.00128. The van der Waals surface area contributed by atoms with E-state index >= 15 is 0 Å². The number of thioether (sulfide) groups is 1. The quantitative estimate of drug-likeness (QED) is 0.317. The number of nitrogens with zero attached hydrogens (tertiary/aromatic N) is 3. The fraction of sp³-hybridized carbons (Fsp3) is 0.280. The topological polar surface area (TPSA) is 96.6 Å². The van der Waals surface area contributed by atoms with Crippen LogP contribution in [0.1, 0.15) is 31.4 Å². The summed E-state index contributed by atoms with van der Waals surface area (Å²) in [6.45, 7) is 7.00. The average Bonchev–Trinajstić information content (AvgIpc) is 3.25. The summed E-state index contributed by atoms with van der Waals surface area (Å²) in [6.07, 6.45) is 2.33.